The summed E-state index contributed by atoms with van der Waals surface area (Å²) >= 11 is 11.9. The Morgan fingerprint density at radius 2 is 1.72 bits per heavy atom. The summed E-state index contributed by atoms with van der Waals surface area (Å²) in [6.07, 6.45) is 1.56. The summed E-state index contributed by atoms with van der Waals surface area (Å²) in [6.45, 7) is 0. The lowest BCUT2D eigenvalue weighted by Crippen LogP contribution is -1.81. The van der Waals surface area contributed by atoms with E-state index in [4.69, 9.17) is 32.0 Å². The maximum Gasteiger partial charge on any atom is 0.228 e. The van der Waals surface area contributed by atoms with Gasteiger partial charge in [-0.2, -0.15) is 0 Å². The Balaban J connectivity index is 1.39. The van der Waals surface area contributed by atoms with Crippen molar-refractivity contribution in [1.82, 2.24) is 4.98 Å². The summed E-state index contributed by atoms with van der Waals surface area (Å²) in [4.78, 5) is 8.85. The molecule has 0 aliphatic carbocycles. The minimum absolute atomic E-state index is 0.0244. The van der Waals surface area contributed by atoms with Crippen LogP contribution in [0.3, 0.4) is 0 Å². The molecule has 3 aromatic carbocycles. The normalized spacial score (nSPS) is 11.6. The smallest absolute Gasteiger partial charge is 0.228 e. The third kappa shape index (κ3) is 4.02. The van der Waals surface area contributed by atoms with Crippen LogP contribution in [-0.2, 0) is 0 Å². The first-order chi connectivity index (χ1) is 15.5. The predicted molar refractivity (Wildman–Crippen MR) is 121 cm³/mol. The molecular weight excluding hydrogens is 457 g/mol. The standard InChI is InChI=1S/C24H12Cl2F2N2O2/c25-18-10-14(27)2-5-17(18)24-30-21-11-15(3-7-23(21)32-24)29-12-16-4-8-22(31-16)13-1-6-20(28)19(26)9-13/h1-12H. The van der Waals surface area contributed by atoms with E-state index in [1.807, 2.05) is 0 Å². The van der Waals surface area contributed by atoms with Gasteiger partial charge in [-0.3, -0.25) is 4.99 Å². The zero-order valence-electron chi connectivity index (χ0n) is 16.2. The molecule has 5 aromatic rings. The van der Waals surface area contributed by atoms with Gasteiger partial charge in [0.25, 0.3) is 0 Å². The van der Waals surface area contributed by atoms with Gasteiger partial charge in [-0.1, -0.05) is 23.2 Å². The summed E-state index contributed by atoms with van der Waals surface area (Å²) in [5.41, 5.74) is 2.92. The van der Waals surface area contributed by atoms with Crippen molar-refractivity contribution in [2.45, 2.75) is 0 Å². The number of halogens is 4. The second-order valence-corrected chi connectivity index (χ2v) is 7.70. The fourth-order valence-electron chi connectivity index (χ4n) is 3.14. The van der Waals surface area contributed by atoms with Gasteiger partial charge in [0.1, 0.15) is 28.7 Å². The average Bonchev–Trinajstić information content (AvgIpc) is 3.41. The van der Waals surface area contributed by atoms with Crippen molar-refractivity contribution in [2.75, 3.05) is 0 Å². The molecule has 0 spiro atoms. The monoisotopic (exact) mass is 468 g/mol. The highest BCUT2D eigenvalue weighted by Crippen LogP contribution is 2.32. The molecule has 0 radical (unpaired) electrons. The van der Waals surface area contributed by atoms with Gasteiger partial charge >= 0.3 is 0 Å². The molecule has 4 nitrogen and oxygen atoms in total. The summed E-state index contributed by atoms with van der Waals surface area (Å²) in [5.74, 6) is 0.423. The first-order valence-corrected chi connectivity index (χ1v) is 10.2. The van der Waals surface area contributed by atoms with Gasteiger partial charge in [0.05, 0.1) is 27.5 Å². The van der Waals surface area contributed by atoms with Gasteiger partial charge in [-0.05, 0) is 66.7 Å². The highest BCUT2D eigenvalue weighted by atomic mass is 35.5. The van der Waals surface area contributed by atoms with Crippen molar-refractivity contribution in [1.29, 1.82) is 0 Å². The van der Waals surface area contributed by atoms with E-state index in [0.717, 1.165) is 0 Å². The molecule has 2 heterocycles. The van der Waals surface area contributed by atoms with Crippen LogP contribution in [0.1, 0.15) is 5.76 Å². The fourth-order valence-corrected chi connectivity index (χ4v) is 3.57. The second-order valence-electron chi connectivity index (χ2n) is 6.88. The largest absolute Gasteiger partial charge is 0.455 e. The summed E-state index contributed by atoms with van der Waals surface area (Å²) in [5, 5.41) is 0.238. The molecule has 0 N–H and O–H groups in total. The molecule has 0 aliphatic rings. The Morgan fingerprint density at radius 1 is 0.844 bits per heavy atom. The molecule has 0 amide bonds. The second kappa shape index (κ2) is 8.22. The number of oxazole rings is 1. The SMILES string of the molecule is Fc1ccc(-c2nc3cc(N=Cc4ccc(-c5ccc(F)c(Cl)c5)o4)ccc3o2)c(Cl)c1. The number of aliphatic imine (C=N–C) groups is 1. The number of furan rings is 1. The van der Waals surface area contributed by atoms with Crippen molar-refractivity contribution < 1.29 is 17.6 Å². The van der Waals surface area contributed by atoms with Crippen molar-refractivity contribution in [3.05, 3.63) is 94.2 Å². The maximum atomic E-state index is 13.4. The van der Waals surface area contributed by atoms with E-state index < -0.39 is 11.6 Å². The van der Waals surface area contributed by atoms with Gasteiger partial charge in [-0.25, -0.2) is 13.8 Å². The number of hydrogen-bond donors (Lipinski definition) is 0. The van der Waals surface area contributed by atoms with Gasteiger partial charge in [-0.15, -0.1) is 0 Å². The van der Waals surface area contributed by atoms with Crippen LogP contribution in [0.25, 0.3) is 33.9 Å². The van der Waals surface area contributed by atoms with Crippen LogP contribution in [-0.4, -0.2) is 11.2 Å². The van der Waals surface area contributed by atoms with E-state index in [9.17, 15) is 8.78 Å². The number of aromatic nitrogens is 1. The van der Waals surface area contributed by atoms with Crippen molar-refractivity contribution in [3.8, 4) is 22.8 Å². The Morgan fingerprint density at radius 3 is 2.53 bits per heavy atom. The van der Waals surface area contributed by atoms with E-state index in [1.165, 1.54) is 30.3 Å². The molecule has 0 saturated carbocycles. The highest BCUT2D eigenvalue weighted by molar-refractivity contribution is 6.33. The van der Waals surface area contributed by atoms with Gasteiger partial charge < -0.3 is 8.83 Å². The molecule has 0 bridgehead atoms. The topological polar surface area (TPSA) is 51.5 Å². The average molecular weight is 469 g/mol. The van der Waals surface area contributed by atoms with Gasteiger partial charge in [0.2, 0.25) is 5.89 Å². The van der Waals surface area contributed by atoms with Crippen molar-refractivity contribution >= 4 is 46.2 Å². The van der Waals surface area contributed by atoms with Crippen LogP contribution in [0.4, 0.5) is 14.5 Å². The Labute approximate surface area is 190 Å². The molecular formula is C24H12Cl2F2N2O2. The quantitative estimate of drug-likeness (QED) is 0.250. The first-order valence-electron chi connectivity index (χ1n) is 9.41. The lowest BCUT2D eigenvalue weighted by Gasteiger charge is -1.98. The van der Waals surface area contributed by atoms with Crippen LogP contribution in [0.15, 0.2) is 80.6 Å². The lowest BCUT2D eigenvalue weighted by molar-refractivity contribution is 0.574. The molecule has 32 heavy (non-hydrogen) atoms. The molecule has 0 fully saturated rings. The van der Waals surface area contributed by atoms with Gasteiger partial charge in [0.15, 0.2) is 5.58 Å². The number of benzene rings is 3. The third-order valence-electron chi connectivity index (χ3n) is 4.70. The van der Waals surface area contributed by atoms with E-state index in [0.29, 0.717) is 45.3 Å². The van der Waals surface area contributed by atoms with E-state index in [2.05, 4.69) is 9.98 Å². The van der Waals surface area contributed by atoms with Gasteiger partial charge in [0, 0.05) is 5.56 Å². The Bertz CT molecular complexity index is 1490. The number of hydrogen-bond acceptors (Lipinski definition) is 4. The molecule has 2 aromatic heterocycles. The zero-order chi connectivity index (χ0) is 22.2. The van der Waals surface area contributed by atoms with E-state index >= 15 is 0 Å². The van der Waals surface area contributed by atoms with Crippen LogP contribution in [0.2, 0.25) is 10.0 Å². The molecule has 8 heteroatoms. The predicted octanol–water partition coefficient (Wildman–Crippen LogP) is 8.09. The Hall–Kier alpha value is -3.48. The zero-order valence-corrected chi connectivity index (χ0v) is 17.7. The van der Waals surface area contributed by atoms with E-state index in [-0.39, 0.29) is 10.0 Å². The van der Waals surface area contributed by atoms with Crippen LogP contribution < -0.4 is 0 Å². The van der Waals surface area contributed by atoms with Crippen molar-refractivity contribution in [2.24, 2.45) is 4.99 Å². The number of fused-ring (bicyclic) bond motifs is 1. The summed E-state index contributed by atoms with van der Waals surface area (Å²) in [6, 6.07) is 17.2. The molecule has 0 unspecified atom stereocenters. The number of nitrogens with zero attached hydrogens (tertiary/aromatic N) is 2. The lowest BCUT2D eigenvalue weighted by atomic mass is 10.2. The summed E-state index contributed by atoms with van der Waals surface area (Å²) in [7, 11) is 0. The Kier molecular flexibility index (Phi) is 5.25. The molecule has 5 rings (SSSR count). The molecule has 0 saturated heterocycles. The van der Waals surface area contributed by atoms with Crippen LogP contribution >= 0.6 is 23.2 Å². The maximum absolute atomic E-state index is 13.4. The molecule has 0 aliphatic heterocycles. The van der Waals surface area contributed by atoms with E-state index in [1.54, 1.807) is 42.6 Å². The third-order valence-corrected chi connectivity index (χ3v) is 5.31. The number of rotatable bonds is 4. The van der Waals surface area contributed by atoms with Crippen LogP contribution in [0, 0.1) is 11.6 Å². The van der Waals surface area contributed by atoms with Crippen LogP contribution in [0.5, 0.6) is 0 Å². The molecule has 158 valence electrons. The highest BCUT2D eigenvalue weighted by Gasteiger charge is 2.13. The minimum Gasteiger partial charge on any atom is -0.455 e. The minimum atomic E-state index is -0.489. The first kappa shape index (κ1) is 20.4. The fraction of sp³-hybridized carbons (Fsp3) is 0. The summed E-state index contributed by atoms with van der Waals surface area (Å²) < 4.78 is 38.1. The molecule has 0 atom stereocenters. The van der Waals surface area contributed by atoms with Crippen molar-refractivity contribution in [3.63, 3.8) is 0 Å².